The van der Waals surface area contributed by atoms with Gasteiger partial charge in [0.05, 0.1) is 20.3 Å². The van der Waals surface area contributed by atoms with Crippen molar-refractivity contribution in [3.05, 3.63) is 53.6 Å². The molecular weight excluding hydrogens is 294 g/mol. The number of carbonyl (C=O) groups excluding carboxylic acids is 1. The van der Waals surface area contributed by atoms with Gasteiger partial charge in [-0.25, -0.2) is 0 Å². The zero-order valence-electron chi connectivity index (χ0n) is 13.5. The summed E-state index contributed by atoms with van der Waals surface area (Å²) < 4.78 is 10.4. The normalized spacial score (nSPS) is 11.6. The van der Waals surface area contributed by atoms with Crippen LogP contribution >= 0.6 is 0 Å². The van der Waals surface area contributed by atoms with Gasteiger partial charge in [-0.05, 0) is 24.6 Å². The van der Waals surface area contributed by atoms with Crippen molar-refractivity contribution >= 4 is 5.91 Å². The molecule has 1 unspecified atom stereocenters. The van der Waals surface area contributed by atoms with Crippen LogP contribution in [-0.2, 0) is 0 Å². The summed E-state index contributed by atoms with van der Waals surface area (Å²) in [5, 5.41) is 12.9. The fourth-order valence-corrected chi connectivity index (χ4v) is 2.36. The van der Waals surface area contributed by atoms with E-state index < -0.39 is 0 Å². The Morgan fingerprint density at radius 2 is 1.74 bits per heavy atom. The van der Waals surface area contributed by atoms with Crippen molar-refractivity contribution in [3.8, 4) is 17.2 Å². The van der Waals surface area contributed by atoms with Gasteiger partial charge in [-0.15, -0.1) is 0 Å². The van der Waals surface area contributed by atoms with E-state index in [2.05, 4.69) is 5.32 Å². The molecule has 0 heterocycles. The van der Waals surface area contributed by atoms with Crippen LogP contribution in [0.1, 0.15) is 35.3 Å². The molecule has 0 fully saturated rings. The standard InChI is InChI=1S/C18H21NO4/c1-4-16(15-7-5-6-8-17(15)20)19-18(21)12-9-13(22-2)11-14(10-12)23-3/h5-11,16,20H,4H2,1-3H3,(H,19,21). The molecule has 0 aliphatic heterocycles. The van der Waals surface area contributed by atoms with Gasteiger partial charge in [0.1, 0.15) is 17.2 Å². The fraction of sp³-hybridized carbons (Fsp3) is 0.278. The molecule has 0 saturated carbocycles. The van der Waals surface area contributed by atoms with Gasteiger partial charge >= 0.3 is 0 Å². The van der Waals surface area contributed by atoms with Crippen LogP contribution in [0.15, 0.2) is 42.5 Å². The number of carbonyl (C=O) groups is 1. The zero-order chi connectivity index (χ0) is 16.8. The van der Waals surface area contributed by atoms with E-state index in [0.29, 0.717) is 29.0 Å². The maximum absolute atomic E-state index is 12.5. The van der Waals surface area contributed by atoms with E-state index in [0.717, 1.165) is 0 Å². The molecule has 1 atom stereocenters. The third-order valence-electron chi connectivity index (χ3n) is 3.64. The Hall–Kier alpha value is -2.69. The average Bonchev–Trinajstić information content (AvgIpc) is 2.59. The lowest BCUT2D eigenvalue weighted by Gasteiger charge is -2.19. The second-order valence-corrected chi connectivity index (χ2v) is 5.09. The number of phenolic OH excluding ortho intramolecular Hbond substituents is 1. The highest BCUT2D eigenvalue weighted by atomic mass is 16.5. The first-order valence-corrected chi connectivity index (χ1v) is 7.40. The zero-order valence-corrected chi connectivity index (χ0v) is 13.5. The molecule has 0 aliphatic rings. The summed E-state index contributed by atoms with van der Waals surface area (Å²) >= 11 is 0. The van der Waals surface area contributed by atoms with Crippen molar-refractivity contribution in [2.75, 3.05) is 14.2 Å². The van der Waals surface area contributed by atoms with Crippen molar-refractivity contribution in [2.45, 2.75) is 19.4 Å². The number of para-hydroxylation sites is 1. The number of rotatable bonds is 6. The molecule has 122 valence electrons. The summed E-state index contributed by atoms with van der Waals surface area (Å²) in [6, 6.07) is 11.7. The summed E-state index contributed by atoms with van der Waals surface area (Å²) in [7, 11) is 3.07. The number of benzene rings is 2. The minimum atomic E-state index is -0.277. The van der Waals surface area contributed by atoms with Crippen LogP contribution in [-0.4, -0.2) is 25.2 Å². The molecule has 2 N–H and O–H groups in total. The van der Waals surface area contributed by atoms with E-state index >= 15 is 0 Å². The first-order valence-electron chi connectivity index (χ1n) is 7.40. The second kappa shape index (κ2) is 7.54. The van der Waals surface area contributed by atoms with E-state index in [9.17, 15) is 9.90 Å². The van der Waals surface area contributed by atoms with Gasteiger partial charge in [-0.2, -0.15) is 0 Å². The summed E-state index contributed by atoms with van der Waals surface area (Å²) in [6.45, 7) is 1.95. The Balaban J connectivity index is 2.25. The Morgan fingerprint density at radius 3 is 2.26 bits per heavy atom. The van der Waals surface area contributed by atoms with E-state index in [4.69, 9.17) is 9.47 Å². The molecule has 5 heteroatoms. The number of nitrogens with one attached hydrogen (secondary N) is 1. The summed E-state index contributed by atoms with van der Waals surface area (Å²) in [4.78, 5) is 12.5. The Morgan fingerprint density at radius 1 is 1.13 bits per heavy atom. The number of hydrogen-bond donors (Lipinski definition) is 2. The van der Waals surface area contributed by atoms with Gasteiger partial charge in [-0.1, -0.05) is 25.1 Å². The Kier molecular flexibility index (Phi) is 5.46. The number of methoxy groups -OCH3 is 2. The minimum absolute atomic E-state index is 0.169. The van der Waals surface area contributed by atoms with Crippen molar-refractivity contribution in [2.24, 2.45) is 0 Å². The van der Waals surface area contributed by atoms with Crippen LogP contribution < -0.4 is 14.8 Å². The maximum atomic E-state index is 12.5. The quantitative estimate of drug-likeness (QED) is 0.858. The molecule has 2 aromatic carbocycles. The number of aromatic hydroxyl groups is 1. The van der Waals surface area contributed by atoms with E-state index in [1.807, 2.05) is 13.0 Å². The lowest BCUT2D eigenvalue weighted by Crippen LogP contribution is -2.28. The lowest BCUT2D eigenvalue weighted by molar-refractivity contribution is 0.0934. The smallest absolute Gasteiger partial charge is 0.252 e. The van der Waals surface area contributed by atoms with Gasteiger partial charge in [0.25, 0.3) is 5.91 Å². The molecule has 5 nitrogen and oxygen atoms in total. The number of phenols is 1. The molecule has 0 saturated heterocycles. The van der Waals surface area contributed by atoms with Crippen LogP contribution in [0, 0.1) is 0 Å². The van der Waals surface area contributed by atoms with Crippen LogP contribution in [0.25, 0.3) is 0 Å². The summed E-state index contributed by atoms with van der Waals surface area (Å²) in [5.41, 5.74) is 1.13. The van der Waals surface area contributed by atoms with Gasteiger partial charge < -0.3 is 19.9 Å². The van der Waals surface area contributed by atoms with Gasteiger partial charge in [0.2, 0.25) is 0 Å². The van der Waals surface area contributed by atoms with Crippen molar-refractivity contribution in [3.63, 3.8) is 0 Å². The molecule has 0 radical (unpaired) electrons. The first-order chi connectivity index (χ1) is 11.1. The SMILES string of the molecule is CCC(NC(=O)c1cc(OC)cc(OC)c1)c1ccccc1O. The highest BCUT2D eigenvalue weighted by Crippen LogP contribution is 2.27. The topological polar surface area (TPSA) is 67.8 Å². The largest absolute Gasteiger partial charge is 0.508 e. The molecular formula is C18H21NO4. The highest BCUT2D eigenvalue weighted by molar-refractivity contribution is 5.95. The summed E-state index contributed by atoms with van der Waals surface area (Å²) in [6.07, 6.45) is 0.657. The molecule has 0 bridgehead atoms. The molecule has 2 rings (SSSR count). The van der Waals surface area contributed by atoms with E-state index in [1.54, 1.807) is 36.4 Å². The van der Waals surface area contributed by atoms with Crippen molar-refractivity contribution < 1.29 is 19.4 Å². The van der Waals surface area contributed by atoms with Crippen molar-refractivity contribution in [1.82, 2.24) is 5.32 Å². The van der Waals surface area contributed by atoms with Gasteiger partial charge in [0, 0.05) is 17.2 Å². The van der Waals surface area contributed by atoms with E-state index in [1.165, 1.54) is 14.2 Å². The third-order valence-corrected chi connectivity index (χ3v) is 3.64. The predicted molar refractivity (Wildman–Crippen MR) is 88.2 cm³/mol. The maximum Gasteiger partial charge on any atom is 0.252 e. The Bertz CT molecular complexity index is 662. The third kappa shape index (κ3) is 3.94. The minimum Gasteiger partial charge on any atom is -0.508 e. The monoisotopic (exact) mass is 315 g/mol. The number of hydrogen-bond acceptors (Lipinski definition) is 4. The number of ether oxygens (including phenoxy) is 2. The molecule has 23 heavy (non-hydrogen) atoms. The van der Waals surface area contributed by atoms with Crippen LogP contribution in [0.4, 0.5) is 0 Å². The number of amides is 1. The first kappa shape index (κ1) is 16.7. The van der Waals surface area contributed by atoms with Crippen LogP contribution in [0.5, 0.6) is 17.2 Å². The predicted octanol–water partition coefficient (Wildman–Crippen LogP) is 3.29. The Labute approximate surface area is 135 Å². The van der Waals surface area contributed by atoms with Gasteiger partial charge in [0.15, 0.2) is 0 Å². The van der Waals surface area contributed by atoms with Gasteiger partial charge in [-0.3, -0.25) is 4.79 Å². The highest BCUT2D eigenvalue weighted by Gasteiger charge is 2.18. The van der Waals surface area contributed by atoms with Crippen LogP contribution in [0.3, 0.4) is 0 Å². The fourth-order valence-electron chi connectivity index (χ4n) is 2.36. The molecule has 0 aliphatic carbocycles. The lowest BCUT2D eigenvalue weighted by atomic mass is 10.0. The second-order valence-electron chi connectivity index (χ2n) is 5.09. The van der Waals surface area contributed by atoms with Crippen molar-refractivity contribution in [1.29, 1.82) is 0 Å². The molecule has 2 aromatic rings. The molecule has 0 spiro atoms. The molecule has 1 amide bonds. The van der Waals surface area contributed by atoms with E-state index in [-0.39, 0.29) is 17.7 Å². The van der Waals surface area contributed by atoms with Crippen LogP contribution in [0.2, 0.25) is 0 Å². The summed E-state index contributed by atoms with van der Waals surface area (Å²) in [5.74, 6) is 1.01. The average molecular weight is 315 g/mol. The molecule has 0 aromatic heterocycles.